The van der Waals surface area contributed by atoms with Crippen LogP contribution in [0.1, 0.15) is 32.6 Å². The molecule has 0 radical (unpaired) electrons. The van der Waals surface area contributed by atoms with Crippen molar-refractivity contribution in [3.63, 3.8) is 0 Å². The van der Waals surface area contributed by atoms with E-state index in [-0.39, 0.29) is 25.0 Å². The predicted octanol–water partition coefficient (Wildman–Crippen LogP) is 1.72. The summed E-state index contributed by atoms with van der Waals surface area (Å²) in [5.41, 5.74) is 1.86. The van der Waals surface area contributed by atoms with E-state index in [0.29, 0.717) is 5.69 Å². The summed E-state index contributed by atoms with van der Waals surface area (Å²) < 4.78 is 5.42. The molecule has 19 heavy (non-hydrogen) atoms. The topological polar surface area (TPSA) is 40.4 Å². The Morgan fingerprint density at radius 3 is 2.74 bits per heavy atom. The van der Waals surface area contributed by atoms with E-state index in [1.54, 1.807) is 12.1 Å². The summed E-state index contributed by atoms with van der Waals surface area (Å²) in [4.78, 5) is 11.7. The van der Waals surface area contributed by atoms with Gasteiger partial charge >= 0.3 is 18.9 Å². The van der Waals surface area contributed by atoms with Gasteiger partial charge in [-0.05, 0) is 38.2 Å². The van der Waals surface area contributed by atoms with E-state index in [0.717, 1.165) is 19.3 Å². The minimum atomic E-state index is -0.493. The van der Waals surface area contributed by atoms with Gasteiger partial charge in [0.25, 0.3) is 0 Å². The molecule has 3 nitrogen and oxygen atoms in total. The SMILES string of the molecule is C/C=C1\CCCCC1OC(=O)[N-]c1ccccc1.[Li+]. The fourth-order valence-corrected chi connectivity index (χ4v) is 2.23. The van der Waals surface area contributed by atoms with Crippen molar-refractivity contribution in [2.75, 3.05) is 0 Å². The standard InChI is InChI=1S/C15H19NO2.Li/c1-2-12-8-6-7-11-14(12)18-15(17)16-13-9-4-3-5-10-13;/h2-5,9-10,14H,6-8,11H2,1H3,(H,16,17);/q;+1/p-1/b12-2+;. The first kappa shape index (κ1) is 15.9. The summed E-state index contributed by atoms with van der Waals surface area (Å²) in [6.07, 6.45) is 5.72. The van der Waals surface area contributed by atoms with E-state index in [9.17, 15) is 4.79 Å². The predicted molar refractivity (Wildman–Crippen MR) is 72.0 cm³/mol. The summed E-state index contributed by atoms with van der Waals surface area (Å²) in [6, 6.07) is 9.18. The molecule has 1 aromatic carbocycles. The smallest absolute Gasteiger partial charge is 0.591 e. The summed E-state index contributed by atoms with van der Waals surface area (Å²) in [5, 5.41) is 3.93. The number of hydrogen-bond donors (Lipinski definition) is 0. The van der Waals surface area contributed by atoms with Gasteiger partial charge < -0.3 is 10.1 Å². The first-order valence-electron chi connectivity index (χ1n) is 6.42. The number of para-hydroxylation sites is 1. The molecule has 1 atom stereocenters. The van der Waals surface area contributed by atoms with Gasteiger partial charge in [0.05, 0.1) is 0 Å². The van der Waals surface area contributed by atoms with Crippen molar-refractivity contribution in [1.29, 1.82) is 0 Å². The molecule has 2 rings (SSSR count). The molecule has 0 aliphatic heterocycles. The van der Waals surface area contributed by atoms with Gasteiger partial charge in [-0.25, -0.2) is 0 Å². The zero-order valence-corrected chi connectivity index (χ0v) is 11.6. The van der Waals surface area contributed by atoms with Gasteiger partial charge in [0, 0.05) is 0 Å². The van der Waals surface area contributed by atoms with Crippen LogP contribution in [0.15, 0.2) is 42.0 Å². The van der Waals surface area contributed by atoms with Gasteiger partial charge in [-0.3, -0.25) is 4.79 Å². The van der Waals surface area contributed by atoms with Crippen LogP contribution in [0.4, 0.5) is 10.5 Å². The van der Waals surface area contributed by atoms with Crippen LogP contribution in [0.25, 0.3) is 5.32 Å². The summed E-state index contributed by atoms with van der Waals surface area (Å²) in [7, 11) is 0. The number of ether oxygens (including phenoxy) is 1. The largest absolute Gasteiger partial charge is 1.00 e. The molecule has 1 aliphatic carbocycles. The van der Waals surface area contributed by atoms with E-state index in [1.165, 1.54) is 12.0 Å². The quantitative estimate of drug-likeness (QED) is 0.593. The van der Waals surface area contributed by atoms with Crippen LogP contribution in [0.2, 0.25) is 0 Å². The molecule has 1 aliphatic rings. The molecule has 0 heterocycles. The van der Waals surface area contributed by atoms with Crippen LogP contribution in [0.3, 0.4) is 0 Å². The molecule has 4 heteroatoms. The second kappa shape index (κ2) is 8.09. The molecular formula is C15H18LiNO2. The van der Waals surface area contributed by atoms with Crippen molar-refractivity contribution in [2.24, 2.45) is 0 Å². The summed E-state index contributed by atoms with van der Waals surface area (Å²) in [6.45, 7) is 2.00. The van der Waals surface area contributed by atoms with Gasteiger partial charge in [-0.1, -0.05) is 36.4 Å². The van der Waals surface area contributed by atoms with Gasteiger partial charge in [0.15, 0.2) is 0 Å². The van der Waals surface area contributed by atoms with Gasteiger partial charge in [-0.15, -0.1) is 5.69 Å². The summed E-state index contributed by atoms with van der Waals surface area (Å²) >= 11 is 0. The van der Waals surface area contributed by atoms with Crippen molar-refractivity contribution in [3.8, 4) is 0 Å². The minimum Gasteiger partial charge on any atom is -0.591 e. The van der Waals surface area contributed by atoms with Crippen LogP contribution in [-0.2, 0) is 4.74 Å². The van der Waals surface area contributed by atoms with Crippen LogP contribution >= 0.6 is 0 Å². The van der Waals surface area contributed by atoms with Crippen LogP contribution in [0, 0.1) is 0 Å². The molecule has 1 unspecified atom stereocenters. The van der Waals surface area contributed by atoms with Crippen molar-refractivity contribution in [1.82, 2.24) is 0 Å². The Morgan fingerprint density at radius 1 is 1.32 bits per heavy atom. The van der Waals surface area contributed by atoms with E-state index in [2.05, 4.69) is 11.4 Å². The average Bonchev–Trinajstić information content (AvgIpc) is 2.40. The van der Waals surface area contributed by atoms with Gasteiger partial charge in [0.1, 0.15) is 6.10 Å². The second-order valence-corrected chi connectivity index (χ2v) is 4.43. The van der Waals surface area contributed by atoms with Crippen molar-refractivity contribution in [2.45, 2.75) is 38.7 Å². The number of nitrogens with zero attached hydrogens (tertiary/aromatic N) is 1. The van der Waals surface area contributed by atoms with E-state index >= 15 is 0 Å². The molecular weight excluding hydrogens is 233 g/mol. The Bertz CT molecular complexity index is 431. The number of allylic oxidation sites excluding steroid dienone is 1. The molecule has 0 spiro atoms. The maximum absolute atomic E-state index is 11.7. The fraction of sp³-hybridized carbons (Fsp3) is 0.400. The second-order valence-electron chi connectivity index (χ2n) is 4.43. The number of hydrogen-bond acceptors (Lipinski definition) is 2. The van der Waals surface area contributed by atoms with E-state index in [4.69, 9.17) is 4.74 Å². The van der Waals surface area contributed by atoms with E-state index in [1.807, 2.05) is 25.1 Å². The van der Waals surface area contributed by atoms with Crippen LogP contribution in [0.5, 0.6) is 0 Å². The van der Waals surface area contributed by atoms with Crippen molar-refractivity contribution in [3.05, 3.63) is 47.3 Å². The molecule has 0 aromatic heterocycles. The molecule has 1 fully saturated rings. The van der Waals surface area contributed by atoms with Crippen LogP contribution < -0.4 is 18.9 Å². The van der Waals surface area contributed by atoms with Crippen LogP contribution in [-0.4, -0.2) is 12.2 Å². The Morgan fingerprint density at radius 2 is 2.05 bits per heavy atom. The zero-order valence-electron chi connectivity index (χ0n) is 11.6. The molecule has 1 aromatic rings. The molecule has 1 saturated carbocycles. The Labute approximate surface area is 126 Å². The first-order chi connectivity index (χ1) is 8.79. The third kappa shape index (κ3) is 4.78. The monoisotopic (exact) mass is 251 g/mol. The number of amides is 1. The molecule has 1 amide bonds. The molecule has 96 valence electrons. The third-order valence-electron chi connectivity index (χ3n) is 3.19. The van der Waals surface area contributed by atoms with Gasteiger partial charge in [0.2, 0.25) is 6.09 Å². The van der Waals surface area contributed by atoms with Crippen molar-refractivity contribution < 1.29 is 28.4 Å². The normalized spacial score (nSPS) is 20.5. The summed E-state index contributed by atoms with van der Waals surface area (Å²) in [5.74, 6) is 0. The average molecular weight is 251 g/mol. The molecule has 0 bridgehead atoms. The van der Waals surface area contributed by atoms with E-state index < -0.39 is 6.09 Å². The Hall–Kier alpha value is -1.17. The minimum absolute atomic E-state index is 0. The maximum Gasteiger partial charge on any atom is 1.00 e. The Balaban J connectivity index is 0.00000180. The number of carbonyl (C=O) groups is 1. The molecule has 0 saturated heterocycles. The fourth-order valence-electron chi connectivity index (χ4n) is 2.23. The number of carbonyl (C=O) groups excluding carboxylic acids is 1. The third-order valence-corrected chi connectivity index (χ3v) is 3.19. The number of benzene rings is 1. The van der Waals surface area contributed by atoms with Crippen molar-refractivity contribution >= 4 is 11.8 Å². The Kier molecular flexibility index (Phi) is 6.76. The van der Waals surface area contributed by atoms with Gasteiger partial charge in [-0.2, -0.15) is 0 Å². The number of rotatable bonds is 2. The molecule has 0 N–H and O–H groups in total. The first-order valence-corrected chi connectivity index (χ1v) is 6.42. The zero-order chi connectivity index (χ0) is 12.8. The maximum atomic E-state index is 11.7.